The van der Waals surface area contributed by atoms with Crippen LogP contribution < -0.4 is 5.32 Å². The van der Waals surface area contributed by atoms with E-state index in [9.17, 15) is 0 Å². The summed E-state index contributed by atoms with van der Waals surface area (Å²) in [6.07, 6.45) is 2.09. The van der Waals surface area contributed by atoms with E-state index in [2.05, 4.69) is 59.7 Å². The summed E-state index contributed by atoms with van der Waals surface area (Å²) in [7, 11) is 2.06. The fourth-order valence-corrected chi connectivity index (χ4v) is 2.80. The van der Waals surface area contributed by atoms with Gasteiger partial charge in [0.15, 0.2) is 5.96 Å². The van der Waals surface area contributed by atoms with Crippen LogP contribution in [-0.4, -0.2) is 35.7 Å². The Morgan fingerprint density at radius 3 is 2.58 bits per heavy atom. The van der Waals surface area contributed by atoms with Gasteiger partial charge in [-0.2, -0.15) is 0 Å². The van der Waals surface area contributed by atoms with Crippen molar-refractivity contribution in [3.63, 3.8) is 0 Å². The van der Waals surface area contributed by atoms with Crippen LogP contribution in [0.4, 0.5) is 0 Å². The minimum Gasteiger partial charge on any atom is -0.357 e. The van der Waals surface area contributed by atoms with Gasteiger partial charge in [-0.25, -0.2) is 4.99 Å². The molecule has 0 unspecified atom stereocenters. The average molecular weight is 343 g/mol. The third-order valence-corrected chi connectivity index (χ3v) is 4.36. The Kier molecular flexibility index (Phi) is 7.12. The molecule has 5 heteroatoms. The summed E-state index contributed by atoms with van der Waals surface area (Å²) in [4.78, 5) is 12.7. The fraction of sp³-hybridized carbons (Fsp3) is 0.368. The number of aromatic nitrogens is 1. The molecule has 0 amide bonds. The lowest BCUT2D eigenvalue weighted by atomic mass is 10.2. The second kappa shape index (κ2) is 9.33. The number of aliphatic imine (C=N–C) groups is 1. The first-order valence-corrected chi connectivity index (χ1v) is 9.39. The zero-order valence-electron chi connectivity index (χ0n) is 14.9. The second-order valence-corrected chi connectivity index (χ2v) is 6.52. The van der Waals surface area contributed by atoms with Crippen molar-refractivity contribution in [1.29, 1.82) is 0 Å². The van der Waals surface area contributed by atoms with Gasteiger partial charge in [-0.1, -0.05) is 18.2 Å². The molecular weight excluding hydrogens is 316 g/mol. The van der Waals surface area contributed by atoms with Gasteiger partial charge in [-0.15, -0.1) is 11.8 Å². The largest absolute Gasteiger partial charge is 0.357 e. The maximum Gasteiger partial charge on any atom is 0.194 e. The summed E-state index contributed by atoms with van der Waals surface area (Å²) in [6.45, 7) is 6.33. The van der Waals surface area contributed by atoms with E-state index in [0.29, 0.717) is 6.54 Å². The zero-order valence-corrected chi connectivity index (χ0v) is 15.7. The molecule has 0 atom stereocenters. The Morgan fingerprint density at radius 2 is 1.96 bits per heavy atom. The van der Waals surface area contributed by atoms with Gasteiger partial charge in [0.1, 0.15) is 0 Å². The van der Waals surface area contributed by atoms with Crippen molar-refractivity contribution in [1.82, 2.24) is 15.2 Å². The predicted molar refractivity (Wildman–Crippen MR) is 103 cm³/mol. The Labute approximate surface area is 149 Å². The van der Waals surface area contributed by atoms with Gasteiger partial charge in [0, 0.05) is 30.7 Å². The molecule has 2 aromatic rings. The van der Waals surface area contributed by atoms with Crippen LogP contribution in [0.2, 0.25) is 0 Å². The van der Waals surface area contributed by atoms with Crippen LogP contribution in [0.5, 0.6) is 0 Å². The lowest BCUT2D eigenvalue weighted by Crippen LogP contribution is -2.38. The second-order valence-electron chi connectivity index (χ2n) is 5.64. The SMILES string of the molecule is CCNC(=NCc1cccc(C)n1)N(C)Cc1ccc(SC)cc1. The van der Waals surface area contributed by atoms with Crippen molar-refractivity contribution in [2.75, 3.05) is 19.8 Å². The smallest absolute Gasteiger partial charge is 0.194 e. The van der Waals surface area contributed by atoms with Crippen LogP contribution in [0.15, 0.2) is 52.4 Å². The number of nitrogens with one attached hydrogen (secondary N) is 1. The quantitative estimate of drug-likeness (QED) is 0.493. The van der Waals surface area contributed by atoms with E-state index in [-0.39, 0.29) is 0 Å². The summed E-state index contributed by atoms with van der Waals surface area (Å²) in [6, 6.07) is 14.7. The molecular formula is C19H26N4S. The highest BCUT2D eigenvalue weighted by Gasteiger charge is 2.07. The number of nitrogens with zero attached hydrogens (tertiary/aromatic N) is 3. The summed E-state index contributed by atoms with van der Waals surface area (Å²) < 4.78 is 0. The first kappa shape index (κ1) is 18.3. The lowest BCUT2D eigenvalue weighted by Gasteiger charge is -2.22. The summed E-state index contributed by atoms with van der Waals surface area (Å²) >= 11 is 1.76. The highest BCUT2D eigenvalue weighted by Crippen LogP contribution is 2.15. The van der Waals surface area contributed by atoms with Crippen LogP contribution in [-0.2, 0) is 13.1 Å². The molecule has 0 spiro atoms. The first-order valence-electron chi connectivity index (χ1n) is 8.17. The first-order chi connectivity index (χ1) is 11.6. The summed E-state index contributed by atoms with van der Waals surface area (Å²) in [5.74, 6) is 0.898. The van der Waals surface area contributed by atoms with Gasteiger partial charge in [-0.3, -0.25) is 4.98 Å². The van der Waals surface area contributed by atoms with Crippen molar-refractivity contribution >= 4 is 17.7 Å². The molecule has 0 bridgehead atoms. The number of guanidine groups is 1. The van der Waals surface area contributed by atoms with Gasteiger partial charge < -0.3 is 10.2 Å². The number of pyridine rings is 1. The zero-order chi connectivity index (χ0) is 17.4. The highest BCUT2D eigenvalue weighted by atomic mass is 32.2. The molecule has 0 saturated carbocycles. The Hall–Kier alpha value is -2.01. The normalized spacial score (nSPS) is 11.4. The Balaban J connectivity index is 2.05. The molecule has 0 radical (unpaired) electrons. The molecule has 1 aromatic carbocycles. The minimum atomic E-state index is 0.583. The van der Waals surface area contributed by atoms with Crippen LogP contribution in [0.25, 0.3) is 0 Å². The molecule has 24 heavy (non-hydrogen) atoms. The number of benzene rings is 1. The third kappa shape index (κ3) is 5.57. The fourth-order valence-electron chi connectivity index (χ4n) is 2.39. The summed E-state index contributed by atoms with van der Waals surface area (Å²) in [5, 5.41) is 3.35. The van der Waals surface area contributed by atoms with Crippen molar-refractivity contribution in [2.45, 2.75) is 31.8 Å². The van der Waals surface area contributed by atoms with E-state index in [1.807, 2.05) is 25.1 Å². The van der Waals surface area contributed by atoms with Crippen LogP contribution >= 0.6 is 11.8 Å². The van der Waals surface area contributed by atoms with E-state index in [4.69, 9.17) is 4.99 Å². The molecule has 0 saturated heterocycles. The standard InChI is InChI=1S/C19H26N4S/c1-5-20-19(21-13-17-8-6-7-15(2)22-17)23(3)14-16-9-11-18(24-4)12-10-16/h6-12H,5,13-14H2,1-4H3,(H,20,21). The Bertz CT molecular complexity index is 667. The van der Waals surface area contributed by atoms with Crippen molar-refractivity contribution < 1.29 is 0 Å². The predicted octanol–water partition coefficient (Wildman–Crippen LogP) is 3.71. The van der Waals surface area contributed by atoms with E-state index in [0.717, 1.165) is 30.4 Å². The van der Waals surface area contributed by atoms with E-state index in [1.165, 1.54) is 10.5 Å². The number of hydrogen-bond donors (Lipinski definition) is 1. The molecule has 0 aliphatic carbocycles. The van der Waals surface area contributed by atoms with Crippen molar-refractivity contribution in [3.05, 3.63) is 59.4 Å². The van der Waals surface area contributed by atoms with Gasteiger partial charge in [0.05, 0.1) is 12.2 Å². The Morgan fingerprint density at radius 1 is 1.21 bits per heavy atom. The van der Waals surface area contributed by atoms with Gasteiger partial charge in [0.2, 0.25) is 0 Å². The number of aryl methyl sites for hydroxylation is 1. The van der Waals surface area contributed by atoms with E-state index < -0.39 is 0 Å². The van der Waals surface area contributed by atoms with Crippen molar-refractivity contribution in [3.8, 4) is 0 Å². The maximum atomic E-state index is 4.72. The molecule has 2 rings (SSSR count). The molecule has 0 fully saturated rings. The molecule has 128 valence electrons. The average Bonchev–Trinajstić information content (AvgIpc) is 2.59. The molecule has 0 aliphatic rings. The van der Waals surface area contributed by atoms with E-state index >= 15 is 0 Å². The number of thioether (sulfide) groups is 1. The molecule has 1 aromatic heterocycles. The molecule has 1 N–H and O–H groups in total. The van der Waals surface area contributed by atoms with Crippen LogP contribution in [0.1, 0.15) is 23.9 Å². The summed E-state index contributed by atoms with van der Waals surface area (Å²) in [5.41, 5.74) is 3.28. The lowest BCUT2D eigenvalue weighted by molar-refractivity contribution is 0.476. The topological polar surface area (TPSA) is 40.5 Å². The third-order valence-electron chi connectivity index (χ3n) is 3.61. The van der Waals surface area contributed by atoms with Gasteiger partial charge >= 0.3 is 0 Å². The van der Waals surface area contributed by atoms with Gasteiger partial charge in [-0.05, 0) is 49.9 Å². The van der Waals surface area contributed by atoms with Gasteiger partial charge in [0.25, 0.3) is 0 Å². The van der Waals surface area contributed by atoms with Crippen molar-refractivity contribution in [2.24, 2.45) is 4.99 Å². The number of rotatable bonds is 6. The monoisotopic (exact) mass is 342 g/mol. The van der Waals surface area contributed by atoms with Crippen LogP contribution in [0.3, 0.4) is 0 Å². The molecule has 1 heterocycles. The molecule has 0 aliphatic heterocycles. The highest BCUT2D eigenvalue weighted by molar-refractivity contribution is 7.98. The number of hydrogen-bond acceptors (Lipinski definition) is 3. The van der Waals surface area contributed by atoms with E-state index in [1.54, 1.807) is 11.8 Å². The van der Waals surface area contributed by atoms with Crippen LogP contribution in [0, 0.1) is 6.92 Å². The minimum absolute atomic E-state index is 0.583. The molecule has 4 nitrogen and oxygen atoms in total. The maximum absolute atomic E-state index is 4.72.